The molecule has 0 amide bonds. The van der Waals surface area contributed by atoms with Crippen LogP contribution in [0.25, 0.3) is 0 Å². The number of Topliss-reactive ketones (excluding diaryl/α,β-unsaturated/α-hetero) is 1. The number of aliphatic imine (C=N–C) groups is 1. The summed E-state index contributed by atoms with van der Waals surface area (Å²) in [6.07, 6.45) is 7.41. The molecule has 0 N–H and O–H groups in total. The van der Waals surface area contributed by atoms with E-state index in [1.54, 1.807) is 30.9 Å². The standard InChI is InChI=1S/C19H16FN3O/c20-14-8-6-13(7-9-14)19-18-16(4-1-5-17(18)24)23(12-22-19)15-3-2-10-21-11-15/h2-3,6-12,19H,1,4-5H2. The van der Waals surface area contributed by atoms with E-state index in [0.29, 0.717) is 6.42 Å². The monoisotopic (exact) mass is 321 g/mol. The van der Waals surface area contributed by atoms with Gasteiger partial charge in [0.1, 0.15) is 11.9 Å². The number of carbonyl (C=O) groups excluding carboxylic acids is 1. The molecule has 2 aliphatic rings. The van der Waals surface area contributed by atoms with Crippen LogP contribution in [0.5, 0.6) is 0 Å². The lowest BCUT2D eigenvalue weighted by molar-refractivity contribution is -0.116. The molecule has 1 atom stereocenters. The SMILES string of the molecule is O=C1CCCC2=C1C(c1ccc(F)cc1)N=CN2c1cccnc1. The van der Waals surface area contributed by atoms with Crippen molar-refractivity contribution in [2.45, 2.75) is 25.3 Å². The number of rotatable bonds is 2. The van der Waals surface area contributed by atoms with Gasteiger partial charge in [-0.2, -0.15) is 0 Å². The molecule has 0 fully saturated rings. The number of hydrogen-bond donors (Lipinski definition) is 0. The number of nitrogens with zero attached hydrogens (tertiary/aromatic N) is 3. The van der Waals surface area contributed by atoms with Crippen LogP contribution in [0.4, 0.5) is 10.1 Å². The fraction of sp³-hybridized carbons (Fsp3) is 0.211. The summed E-state index contributed by atoms with van der Waals surface area (Å²) >= 11 is 0. The normalized spacial score (nSPS) is 20.3. The highest BCUT2D eigenvalue weighted by Gasteiger charge is 2.33. The molecular formula is C19H16FN3O. The Hall–Kier alpha value is -2.82. The van der Waals surface area contributed by atoms with E-state index in [2.05, 4.69) is 9.98 Å². The molecule has 1 aliphatic carbocycles. The second kappa shape index (κ2) is 6.00. The van der Waals surface area contributed by atoms with Gasteiger partial charge < -0.3 is 4.90 Å². The Kier molecular flexibility index (Phi) is 3.69. The number of aromatic nitrogens is 1. The van der Waals surface area contributed by atoms with Crippen LogP contribution in [0, 0.1) is 5.82 Å². The predicted octanol–water partition coefficient (Wildman–Crippen LogP) is 3.82. The van der Waals surface area contributed by atoms with Crippen molar-refractivity contribution in [2.75, 3.05) is 4.90 Å². The second-order valence-corrected chi connectivity index (χ2v) is 5.94. The summed E-state index contributed by atoms with van der Waals surface area (Å²) in [6.45, 7) is 0. The lowest BCUT2D eigenvalue weighted by atomic mass is 9.85. The van der Waals surface area contributed by atoms with E-state index in [-0.39, 0.29) is 17.6 Å². The molecule has 24 heavy (non-hydrogen) atoms. The first kappa shape index (κ1) is 14.8. The Bertz CT molecular complexity index is 827. The first-order valence-electron chi connectivity index (χ1n) is 7.98. The van der Waals surface area contributed by atoms with E-state index in [4.69, 9.17) is 0 Å². The molecule has 0 bridgehead atoms. The Morgan fingerprint density at radius 2 is 1.96 bits per heavy atom. The van der Waals surface area contributed by atoms with Gasteiger partial charge in [0.05, 0.1) is 18.2 Å². The third kappa shape index (κ3) is 2.52. The summed E-state index contributed by atoms with van der Waals surface area (Å²) in [5.74, 6) is -0.170. The van der Waals surface area contributed by atoms with Gasteiger partial charge in [0.2, 0.25) is 0 Å². The quantitative estimate of drug-likeness (QED) is 0.845. The van der Waals surface area contributed by atoms with Crippen molar-refractivity contribution in [2.24, 2.45) is 4.99 Å². The molecule has 0 spiro atoms. The number of benzene rings is 1. The molecule has 1 unspecified atom stereocenters. The largest absolute Gasteiger partial charge is 0.303 e. The molecule has 2 heterocycles. The summed E-state index contributed by atoms with van der Waals surface area (Å²) in [6, 6.07) is 9.66. The minimum absolute atomic E-state index is 0.122. The van der Waals surface area contributed by atoms with Crippen LogP contribution in [0.15, 0.2) is 65.1 Å². The van der Waals surface area contributed by atoms with Crippen LogP contribution in [-0.2, 0) is 4.79 Å². The zero-order valence-electron chi connectivity index (χ0n) is 13.0. The van der Waals surface area contributed by atoms with Crippen molar-refractivity contribution >= 4 is 17.8 Å². The first-order valence-corrected chi connectivity index (χ1v) is 7.98. The van der Waals surface area contributed by atoms with Gasteiger partial charge in [-0.15, -0.1) is 0 Å². The van der Waals surface area contributed by atoms with Gasteiger partial charge >= 0.3 is 0 Å². The maximum atomic E-state index is 13.2. The molecule has 5 heteroatoms. The molecular weight excluding hydrogens is 305 g/mol. The van der Waals surface area contributed by atoms with Gasteiger partial charge in [0, 0.05) is 23.9 Å². The van der Waals surface area contributed by atoms with Crippen molar-refractivity contribution in [1.82, 2.24) is 4.98 Å². The second-order valence-electron chi connectivity index (χ2n) is 5.94. The third-order valence-electron chi connectivity index (χ3n) is 4.43. The lowest BCUT2D eigenvalue weighted by Crippen LogP contribution is -2.32. The van der Waals surface area contributed by atoms with Crippen LogP contribution in [-0.4, -0.2) is 17.1 Å². The van der Waals surface area contributed by atoms with E-state index < -0.39 is 0 Å². The van der Waals surface area contributed by atoms with Crippen LogP contribution < -0.4 is 4.90 Å². The van der Waals surface area contributed by atoms with E-state index in [9.17, 15) is 9.18 Å². The number of hydrogen-bond acceptors (Lipinski definition) is 4. The van der Waals surface area contributed by atoms with E-state index in [0.717, 1.165) is 35.4 Å². The third-order valence-corrected chi connectivity index (χ3v) is 4.43. The predicted molar refractivity (Wildman–Crippen MR) is 90.2 cm³/mol. The van der Waals surface area contributed by atoms with Crippen molar-refractivity contribution in [1.29, 1.82) is 0 Å². The van der Waals surface area contributed by atoms with Crippen molar-refractivity contribution in [3.05, 3.63) is 71.4 Å². The lowest BCUT2D eigenvalue weighted by Gasteiger charge is -2.34. The molecule has 1 aromatic heterocycles. The van der Waals surface area contributed by atoms with E-state index in [1.165, 1.54) is 12.1 Å². The van der Waals surface area contributed by atoms with Gasteiger partial charge in [-0.05, 0) is 42.7 Å². The Morgan fingerprint density at radius 3 is 2.71 bits per heavy atom. The van der Waals surface area contributed by atoms with E-state index in [1.807, 2.05) is 17.0 Å². The molecule has 120 valence electrons. The molecule has 4 nitrogen and oxygen atoms in total. The summed E-state index contributed by atoms with van der Waals surface area (Å²) in [5, 5.41) is 0. The summed E-state index contributed by atoms with van der Waals surface area (Å²) in [4.78, 5) is 23.3. The molecule has 0 saturated carbocycles. The zero-order valence-corrected chi connectivity index (χ0v) is 13.0. The molecule has 0 radical (unpaired) electrons. The van der Waals surface area contributed by atoms with Gasteiger partial charge in [0.15, 0.2) is 5.78 Å². The Balaban J connectivity index is 1.80. The van der Waals surface area contributed by atoms with Crippen molar-refractivity contribution < 1.29 is 9.18 Å². The van der Waals surface area contributed by atoms with Gasteiger partial charge in [-0.1, -0.05) is 12.1 Å². The minimum atomic E-state index is -0.360. The molecule has 4 rings (SSSR count). The fourth-order valence-corrected chi connectivity index (χ4v) is 3.30. The number of carbonyl (C=O) groups is 1. The van der Waals surface area contributed by atoms with E-state index >= 15 is 0 Å². The number of halogens is 1. The van der Waals surface area contributed by atoms with Gasteiger partial charge in [0.25, 0.3) is 0 Å². The minimum Gasteiger partial charge on any atom is -0.303 e. The molecule has 1 aliphatic heterocycles. The van der Waals surface area contributed by atoms with Crippen LogP contribution in [0.2, 0.25) is 0 Å². The summed E-state index contributed by atoms with van der Waals surface area (Å²) < 4.78 is 13.2. The summed E-state index contributed by atoms with van der Waals surface area (Å²) in [7, 11) is 0. The molecule has 1 aromatic carbocycles. The maximum Gasteiger partial charge on any atom is 0.163 e. The summed E-state index contributed by atoms with van der Waals surface area (Å²) in [5.41, 5.74) is 3.42. The Morgan fingerprint density at radius 1 is 1.12 bits per heavy atom. The average molecular weight is 321 g/mol. The highest BCUT2D eigenvalue weighted by Crippen LogP contribution is 2.39. The topological polar surface area (TPSA) is 45.6 Å². The van der Waals surface area contributed by atoms with Crippen molar-refractivity contribution in [3.8, 4) is 0 Å². The van der Waals surface area contributed by atoms with Gasteiger partial charge in [-0.3, -0.25) is 14.8 Å². The number of ketones is 1. The maximum absolute atomic E-state index is 13.2. The number of allylic oxidation sites excluding steroid dienone is 1. The van der Waals surface area contributed by atoms with Crippen LogP contribution >= 0.6 is 0 Å². The number of anilines is 1. The fourth-order valence-electron chi connectivity index (χ4n) is 3.30. The van der Waals surface area contributed by atoms with Crippen LogP contribution in [0.3, 0.4) is 0 Å². The van der Waals surface area contributed by atoms with Crippen molar-refractivity contribution in [3.63, 3.8) is 0 Å². The average Bonchev–Trinajstić information content (AvgIpc) is 2.63. The highest BCUT2D eigenvalue weighted by atomic mass is 19.1. The zero-order chi connectivity index (χ0) is 16.5. The molecule has 2 aromatic rings. The Labute approximate surface area is 139 Å². The van der Waals surface area contributed by atoms with Crippen LogP contribution in [0.1, 0.15) is 30.9 Å². The smallest absolute Gasteiger partial charge is 0.163 e. The van der Waals surface area contributed by atoms with Gasteiger partial charge in [-0.25, -0.2) is 4.39 Å². The number of pyridine rings is 1. The highest BCUT2D eigenvalue weighted by molar-refractivity contribution is 6.02. The first-order chi connectivity index (χ1) is 11.7. The molecule has 0 saturated heterocycles.